The molecule has 7 heteroatoms. The van der Waals surface area contributed by atoms with E-state index in [1.165, 1.54) is 12.1 Å². The summed E-state index contributed by atoms with van der Waals surface area (Å²) in [6.45, 7) is 3.70. The van der Waals surface area contributed by atoms with Gasteiger partial charge in [-0.15, -0.1) is 10.2 Å². The normalized spacial score (nSPS) is 10.7. The van der Waals surface area contributed by atoms with Crippen molar-refractivity contribution >= 4 is 22.4 Å². The van der Waals surface area contributed by atoms with E-state index in [1.54, 1.807) is 0 Å². The van der Waals surface area contributed by atoms with E-state index in [9.17, 15) is 13.6 Å². The van der Waals surface area contributed by atoms with Gasteiger partial charge in [-0.2, -0.15) is 0 Å². The Hall–Kier alpha value is -2.67. The van der Waals surface area contributed by atoms with Crippen LogP contribution in [0.2, 0.25) is 0 Å². The van der Waals surface area contributed by atoms with Crippen molar-refractivity contribution in [1.82, 2.24) is 10.2 Å². The second-order valence-electron chi connectivity index (χ2n) is 5.29. The monoisotopic (exact) mass is 345 g/mol. The first-order valence-corrected chi connectivity index (χ1v) is 7.93. The van der Waals surface area contributed by atoms with Crippen LogP contribution in [-0.2, 0) is 0 Å². The molecule has 0 radical (unpaired) electrons. The first kappa shape index (κ1) is 16.2. The molecular weight excluding hydrogens is 332 g/mol. The highest BCUT2D eigenvalue weighted by Crippen LogP contribution is 2.28. The van der Waals surface area contributed by atoms with E-state index in [2.05, 4.69) is 15.5 Å². The van der Waals surface area contributed by atoms with Crippen LogP contribution in [0.25, 0.3) is 10.6 Å². The molecule has 0 aliphatic rings. The minimum absolute atomic E-state index is 0.266. The quantitative estimate of drug-likeness (QED) is 0.768. The van der Waals surface area contributed by atoms with Gasteiger partial charge in [-0.3, -0.25) is 10.1 Å². The van der Waals surface area contributed by atoms with Crippen molar-refractivity contribution in [2.45, 2.75) is 13.8 Å². The molecule has 1 amide bonds. The number of amides is 1. The van der Waals surface area contributed by atoms with Gasteiger partial charge in [0.05, 0.1) is 0 Å². The van der Waals surface area contributed by atoms with Crippen LogP contribution in [0.3, 0.4) is 0 Å². The summed E-state index contributed by atoms with van der Waals surface area (Å²) < 4.78 is 26.6. The van der Waals surface area contributed by atoms with E-state index in [-0.39, 0.29) is 16.6 Å². The van der Waals surface area contributed by atoms with Crippen molar-refractivity contribution in [2.75, 3.05) is 5.32 Å². The van der Waals surface area contributed by atoms with Gasteiger partial charge in [0.15, 0.2) is 0 Å². The Labute approximate surface area is 141 Å². The molecule has 24 heavy (non-hydrogen) atoms. The number of hydrogen-bond acceptors (Lipinski definition) is 4. The molecule has 3 rings (SSSR count). The van der Waals surface area contributed by atoms with Gasteiger partial charge in [-0.1, -0.05) is 29.5 Å². The number of carbonyl (C=O) groups excluding carboxylic acids is 1. The molecule has 0 saturated carbocycles. The van der Waals surface area contributed by atoms with Gasteiger partial charge in [-0.05, 0) is 37.1 Å². The van der Waals surface area contributed by atoms with Crippen LogP contribution in [-0.4, -0.2) is 16.1 Å². The van der Waals surface area contributed by atoms with E-state index in [4.69, 9.17) is 0 Å². The topological polar surface area (TPSA) is 54.9 Å². The Morgan fingerprint density at radius 3 is 2.29 bits per heavy atom. The molecule has 0 unspecified atom stereocenters. The number of nitrogens with one attached hydrogen (secondary N) is 1. The molecule has 1 aromatic heterocycles. The Bertz CT molecular complexity index is 883. The molecule has 0 fully saturated rings. The summed E-state index contributed by atoms with van der Waals surface area (Å²) in [6, 6.07) is 8.70. The number of anilines is 1. The second kappa shape index (κ2) is 6.45. The molecule has 3 aromatic rings. The third-order valence-electron chi connectivity index (χ3n) is 3.46. The molecule has 1 N–H and O–H groups in total. The maximum atomic E-state index is 13.3. The van der Waals surface area contributed by atoms with E-state index < -0.39 is 11.6 Å². The molecule has 122 valence electrons. The van der Waals surface area contributed by atoms with Gasteiger partial charge in [-0.25, -0.2) is 8.78 Å². The molecule has 0 atom stereocenters. The Morgan fingerprint density at radius 1 is 1.04 bits per heavy atom. The molecule has 2 aromatic carbocycles. The predicted molar refractivity (Wildman–Crippen MR) is 89.1 cm³/mol. The number of aromatic nitrogens is 2. The van der Waals surface area contributed by atoms with E-state index in [1.807, 2.05) is 32.0 Å². The largest absolute Gasteiger partial charge is 0.296 e. The fourth-order valence-electron chi connectivity index (χ4n) is 2.40. The van der Waals surface area contributed by atoms with Gasteiger partial charge in [0.1, 0.15) is 16.6 Å². The van der Waals surface area contributed by atoms with Gasteiger partial charge in [0, 0.05) is 17.2 Å². The summed E-state index contributed by atoms with van der Waals surface area (Å²) in [5.74, 6) is -1.68. The minimum atomic E-state index is -0.693. The highest BCUT2D eigenvalue weighted by atomic mass is 32.1. The third-order valence-corrected chi connectivity index (χ3v) is 4.35. The molecule has 0 aliphatic heterocycles. The smallest absolute Gasteiger partial charge is 0.258 e. The molecule has 0 bridgehead atoms. The predicted octanol–water partition coefficient (Wildman–Crippen LogP) is 4.35. The van der Waals surface area contributed by atoms with Crippen LogP contribution in [0.5, 0.6) is 0 Å². The average molecular weight is 345 g/mol. The maximum absolute atomic E-state index is 13.3. The third kappa shape index (κ3) is 3.30. The average Bonchev–Trinajstić information content (AvgIpc) is 2.94. The van der Waals surface area contributed by atoms with Crippen molar-refractivity contribution in [3.05, 3.63) is 64.7 Å². The number of nitrogens with zero attached hydrogens (tertiary/aromatic N) is 2. The molecular formula is C17H13F2N3OS. The van der Waals surface area contributed by atoms with E-state index in [0.717, 1.165) is 28.5 Å². The lowest BCUT2D eigenvalue weighted by molar-refractivity contribution is 0.102. The minimum Gasteiger partial charge on any atom is -0.296 e. The molecule has 0 saturated heterocycles. The lowest BCUT2D eigenvalue weighted by atomic mass is 10.0. The van der Waals surface area contributed by atoms with Crippen LogP contribution < -0.4 is 5.32 Å². The van der Waals surface area contributed by atoms with Crippen molar-refractivity contribution in [1.29, 1.82) is 0 Å². The fourth-order valence-corrected chi connectivity index (χ4v) is 3.13. The van der Waals surface area contributed by atoms with Crippen LogP contribution in [0, 0.1) is 25.5 Å². The number of hydrogen-bond donors (Lipinski definition) is 1. The highest BCUT2D eigenvalue weighted by molar-refractivity contribution is 7.18. The standard InChI is InChI=1S/C17H13F2N3OS/c1-9-4-3-5-10(2)14(9)15(23)20-17-22-21-16(24-17)11-6-12(18)8-13(19)7-11/h3-8H,1-2H3,(H,20,22,23). The summed E-state index contributed by atoms with van der Waals surface area (Å²) in [5.41, 5.74) is 2.55. The van der Waals surface area contributed by atoms with Crippen molar-refractivity contribution in [3.8, 4) is 10.6 Å². The van der Waals surface area contributed by atoms with Crippen LogP contribution >= 0.6 is 11.3 Å². The zero-order valence-corrected chi connectivity index (χ0v) is 13.7. The Balaban J connectivity index is 1.85. The lowest BCUT2D eigenvalue weighted by Crippen LogP contribution is -2.14. The Kier molecular flexibility index (Phi) is 4.35. The molecule has 0 aliphatic carbocycles. The first-order chi connectivity index (χ1) is 11.4. The van der Waals surface area contributed by atoms with E-state index in [0.29, 0.717) is 10.6 Å². The zero-order valence-electron chi connectivity index (χ0n) is 12.9. The Morgan fingerprint density at radius 2 is 1.67 bits per heavy atom. The number of aryl methyl sites for hydroxylation is 2. The summed E-state index contributed by atoms with van der Waals surface area (Å²) in [7, 11) is 0. The lowest BCUT2D eigenvalue weighted by Gasteiger charge is -2.08. The number of carbonyl (C=O) groups is 1. The zero-order chi connectivity index (χ0) is 17.3. The van der Waals surface area contributed by atoms with Gasteiger partial charge < -0.3 is 0 Å². The second-order valence-corrected chi connectivity index (χ2v) is 6.27. The SMILES string of the molecule is Cc1cccc(C)c1C(=O)Nc1nnc(-c2cc(F)cc(F)c2)s1. The van der Waals surface area contributed by atoms with Gasteiger partial charge in [0.25, 0.3) is 5.91 Å². The fraction of sp³-hybridized carbons (Fsp3) is 0.118. The first-order valence-electron chi connectivity index (χ1n) is 7.11. The van der Waals surface area contributed by atoms with Crippen LogP contribution in [0.15, 0.2) is 36.4 Å². The van der Waals surface area contributed by atoms with E-state index >= 15 is 0 Å². The van der Waals surface area contributed by atoms with Crippen LogP contribution in [0.4, 0.5) is 13.9 Å². The maximum Gasteiger partial charge on any atom is 0.258 e. The summed E-state index contributed by atoms with van der Waals surface area (Å²) in [5, 5.41) is 11.0. The number of halogens is 2. The van der Waals surface area contributed by atoms with Crippen LogP contribution in [0.1, 0.15) is 21.5 Å². The highest BCUT2D eigenvalue weighted by Gasteiger charge is 2.15. The number of benzene rings is 2. The van der Waals surface area contributed by atoms with Crippen molar-refractivity contribution in [2.24, 2.45) is 0 Å². The number of rotatable bonds is 3. The van der Waals surface area contributed by atoms with Gasteiger partial charge >= 0.3 is 0 Å². The summed E-state index contributed by atoms with van der Waals surface area (Å²) in [6.07, 6.45) is 0. The summed E-state index contributed by atoms with van der Waals surface area (Å²) >= 11 is 1.05. The van der Waals surface area contributed by atoms with Crippen molar-refractivity contribution in [3.63, 3.8) is 0 Å². The van der Waals surface area contributed by atoms with Crippen molar-refractivity contribution < 1.29 is 13.6 Å². The molecule has 0 spiro atoms. The molecule has 1 heterocycles. The molecule has 4 nitrogen and oxygen atoms in total. The summed E-state index contributed by atoms with van der Waals surface area (Å²) in [4.78, 5) is 12.4. The van der Waals surface area contributed by atoms with Gasteiger partial charge in [0.2, 0.25) is 5.13 Å².